The summed E-state index contributed by atoms with van der Waals surface area (Å²) in [6, 6.07) is 14.6. The maximum absolute atomic E-state index is 11.8. The number of aliphatic carboxylic acids is 1. The van der Waals surface area contributed by atoms with Crippen LogP contribution in [0.3, 0.4) is 0 Å². The highest BCUT2D eigenvalue weighted by Gasteiger charge is 2.24. The monoisotopic (exact) mass is 382 g/mol. The van der Waals surface area contributed by atoms with Gasteiger partial charge in [0.15, 0.2) is 0 Å². The fourth-order valence-corrected chi connectivity index (χ4v) is 2.35. The van der Waals surface area contributed by atoms with Gasteiger partial charge in [0.05, 0.1) is 5.56 Å². The van der Waals surface area contributed by atoms with Crippen molar-refractivity contribution in [3.63, 3.8) is 0 Å². The number of ether oxygens (including phenoxy) is 2. The van der Waals surface area contributed by atoms with Crippen molar-refractivity contribution in [2.75, 3.05) is 0 Å². The van der Waals surface area contributed by atoms with Crippen LogP contribution in [-0.4, -0.2) is 28.8 Å². The van der Waals surface area contributed by atoms with Crippen LogP contribution in [0, 0.1) is 11.3 Å². The van der Waals surface area contributed by atoms with Gasteiger partial charge >= 0.3 is 12.1 Å². The van der Waals surface area contributed by atoms with Crippen LogP contribution in [0.1, 0.15) is 31.9 Å². The fourth-order valence-electron chi connectivity index (χ4n) is 2.35. The molecular weight excluding hydrogens is 360 g/mol. The average molecular weight is 382 g/mol. The summed E-state index contributed by atoms with van der Waals surface area (Å²) in [6.45, 7) is 5.10. The van der Waals surface area contributed by atoms with Crippen molar-refractivity contribution in [2.24, 2.45) is 0 Å². The largest absolute Gasteiger partial charge is 0.480 e. The molecule has 0 saturated heterocycles. The molecule has 7 nitrogen and oxygen atoms in total. The minimum absolute atomic E-state index is 0.0869. The van der Waals surface area contributed by atoms with Crippen molar-refractivity contribution < 1.29 is 24.2 Å². The first kappa shape index (κ1) is 20.8. The average Bonchev–Trinajstić information content (AvgIpc) is 2.61. The maximum atomic E-state index is 11.8. The third-order valence-corrected chi connectivity index (χ3v) is 3.59. The van der Waals surface area contributed by atoms with Gasteiger partial charge in [-0.2, -0.15) is 5.26 Å². The number of para-hydroxylation sites is 1. The zero-order valence-electron chi connectivity index (χ0n) is 15.9. The van der Waals surface area contributed by atoms with E-state index in [0.29, 0.717) is 22.6 Å². The molecular formula is C21H22N2O5. The Morgan fingerprint density at radius 2 is 1.79 bits per heavy atom. The minimum atomic E-state index is -1.16. The predicted molar refractivity (Wildman–Crippen MR) is 102 cm³/mol. The lowest BCUT2D eigenvalue weighted by Gasteiger charge is -2.22. The first-order valence-electron chi connectivity index (χ1n) is 8.66. The molecule has 2 aromatic carbocycles. The van der Waals surface area contributed by atoms with Crippen LogP contribution >= 0.6 is 0 Å². The summed E-state index contributed by atoms with van der Waals surface area (Å²) in [5, 5.41) is 20.8. The van der Waals surface area contributed by atoms with Gasteiger partial charge in [0.25, 0.3) is 0 Å². The Kier molecular flexibility index (Phi) is 6.61. The number of nitrogens with one attached hydrogen (secondary N) is 1. The Labute approximate surface area is 163 Å². The van der Waals surface area contributed by atoms with E-state index in [1.807, 2.05) is 0 Å². The van der Waals surface area contributed by atoms with Crippen LogP contribution < -0.4 is 10.1 Å². The Morgan fingerprint density at radius 3 is 2.36 bits per heavy atom. The third-order valence-electron chi connectivity index (χ3n) is 3.59. The van der Waals surface area contributed by atoms with Gasteiger partial charge in [-0.3, -0.25) is 0 Å². The van der Waals surface area contributed by atoms with Gasteiger partial charge in [0.2, 0.25) is 0 Å². The van der Waals surface area contributed by atoms with E-state index in [1.165, 1.54) is 0 Å². The molecule has 0 aromatic heterocycles. The number of carbonyl (C=O) groups is 2. The number of carbonyl (C=O) groups excluding carboxylic acids is 1. The molecule has 1 amide bonds. The number of benzene rings is 2. The first-order valence-corrected chi connectivity index (χ1v) is 8.66. The van der Waals surface area contributed by atoms with Crippen LogP contribution in [0.25, 0.3) is 0 Å². The van der Waals surface area contributed by atoms with Crippen LogP contribution in [-0.2, 0) is 16.0 Å². The molecule has 0 aliphatic heterocycles. The van der Waals surface area contributed by atoms with E-state index < -0.39 is 23.7 Å². The highest BCUT2D eigenvalue weighted by Crippen LogP contribution is 2.25. The Hall–Kier alpha value is -3.53. The standard InChI is InChI=1S/C21H22N2O5/c1-21(2,3)28-20(26)23-17(19(24)25)12-14-8-10-16(11-9-14)27-18-7-5-4-6-15(18)13-22/h4-11,17H,12H2,1-3H3,(H,23,26)(H,24,25)/t17-/m0/s1. The Balaban J connectivity index is 2.04. The van der Waals surface area contributed by atoms with E-state index in [2.05, 4.69) is 11.4 Å². The van der Waals surface area contributed by atoms with E-state index in [9.17, 15) is 14.7 Å². The number of carboxylic acids is 1. The molecule has 0 saturated carbocycles. The lowest BCUT2D eigenvalue weighted by Crippen LogP contribution is -2.44. The van der Waals surface area contributed by atoms with E-state index in [0.717, 1.165) is 0 Å². The fraction of sp³-hybridized carbons (Fsp3) is 0.286. The normalized spacial score (nSPS) is 11.8. The van der Waals surface area contributed by atoms with Crippen molar-refractivity contribution in [1.29, 1.82) is 5.26 Å². The van der Waals surface area contributed by atoms with E-state index >= 15 is 0 Å². The summed E-state index contributed by atoms with van der Waals surface area (Å²) in [5.74, 6) is -0.208. The number of alkyl carbamates (subject to hydrolysis) is 1. The number of nitriles is 1. The van der Waals surface area contributed by atoms with Crippen molar-refractivity contribution in [1.82, 2.24) is 5.32 Å². The summed E-state index contributed by atoms with van der Waals surface area (Å²) in [7, 11) is 0. The second kappa shape index (κ2) is 8.91. The molecule has 7 heteroatoms. The van der Waals surface area contributed by atoms with Crippen molar-refractivity contribution in [3.05, 3.63) is 59.7 Å². The second-order valence-corrected chi connectivity index (χ2v) is 7.10. The smallest absolute Gasteiger partial charge is 0.408 e. The zero-order valence-corrected chi connectivity index (χ0v) is 15.9. The van der Waals surface area contributed by atoms with E-state index in [1.54, 1.807) is 69.3 Å². The van der Waals surface area contributed by atoms with Gasteiger partial charge in [-0.15, -0.1) is 0 Å². The summed E-state index contributed by atoms with van der Waals surface area (Å²) in [6.07, 6.45) is -0.697. The molecule has 0 aliphatic rings. The molecule has 0 spiro atoms. The second-order valence-electron chi connectivity index (χ2n) is 7.10. The van der Waals surface area contributed by atoms with Crippen molar-refractivity contribution in [2.45, 2.75) is 38.8 Å². The van der Waals surface area contributed by atoms with Crippen LogP contribution in [0.5, 0.6) is 11.5 Å². The zero-order chi connectivity index (χ0) is 20.7. The molecule has 0 radical (unpaired) electrons. The number of hydrogen-bond donors (Lipinski definition) is 2. The van der Waals surface area contributed by atoms with Gasteiger partial charge in [-0.1, -0.05) is 24.3 Å². The minimum Gasteiger partial charge on any atom is -0.480 e. The molecule has 28 heavy (non-hydrogen) atoms. The lowest BCUT2D eigenvalue weighted by atomic mass is 10.1. The van der Waals surface area contributed by atoms with Gasteiger partial charge in [-0.25, -0.2) is 9.59 Å². The molecule has 146 valence electrons. The van der Waals surface area contributed by atoms with Crippen molar-refractivity contribution >= 4 is 12.1 Å². The maximum Gasteiger partial charge on any atom is 0.408 e. The number of hydrogen-bond acceptors (Lipinski definition) is 5. The lowest BCUT2D eigenvalue weighted by molar-refractivity contribution is -0.139. The van der Waals surface area contributed by atoms with Gasteiger partial charge in [0.1, 0.15) is 29.2 Å². The number of amides is 1. The highest BCUT2D eigenvalue weighted by molar-refractivity contribution is 5.80. The highest BCUT2D eigenvalue weighted by atomic mass is 16.6. The number of nitrogens with zero attached hydrogens (tertiary/aromatic N) is 1. The van der Waals surface area contributed by atoms with E-state index in [4.69, 9.17) is 14.7 Å². The van der Waals surface area contributed by atoms with Crippen LogP contribution in [0.2, 0.25) is 0 Å². The quantitative estimate of drug-likeness (QED) is 0.785. The molecule has 0 bridgehead atoms. The van der Waals surface area contributed by atoms with Crippen LogP contribution in [0.15, 0.2) is 48.5 Å². The molecule has 2 rings (SSSR count). The topological polar surface area (TPSA) is 109 Å². The number of carboxylic acid groups (broad SMARTS) is 1. The van der Waals surface area contributed by atoms with Gasteiger partial charge in [-0.05, 0) is 50.6 Å². The molecule has 0 heterocycles. The van der Waals surface area contributed by atoms with E-state index in [-0.39, 0.29) is 6.42 Å². The summed E-state index contributed by atoms with van der Waals surface area (Å²) < 4.78 is 10.8. The molecule has 0 unspecified atom stereocenters. The van der Waals surface area contributed by atoms with Crippen molar-refractivity contribution in [3.8, 4) is 17.6 Å². The number of rotatable bonds is 6. The summed E-state index contributed by atoms with van der Waals surface area (Å²) >= 11 is 0. The molecule has 0 fully saturated rings. The van der Waals surface area contributed by atoms with Gasteiger partial charge < -0.3 is 19.9 Å². The Bertz CT molecular complexity index is 879. The first-order chi connectivity index (χ1) is 13.2. The Morgan fingerprint density at radius 1 is 1.14 bits per heavy atom. The summed E-state index contributed by atoms with van der Waals surface area (Å²) in [4.78, 5) is 23.3. The molecule has 2 N–H and O–H groups in total. The summed E-state index contributed by atoms with van der Waals surface area (Å²) in [5.41, 5.74) is 0.398. The molecule has 0 aliphatic carbocycles. The predicted octanol–water partition coefficient (Wildman–Crippen LogP) is 3.87. The molecule has 2 aromatic rings. The van der Waals surface area contributed by atoms with Crippen LogP contribution in [0.4, 0.5) is 4.79 Å². The SMILES string of the molecule is CC(C)(C)OC(=O)N[C@@H](Cc1ccc(Oc2ccccc2C#N)cc1)C(=O)O. The van der Waals surface area contributed by atoms with Gasteiger partial charge in [0, 0.05) is 6.42 Å². The third kappa shape index (κ3) is 6.32. The molecule has 1 atom stereocenters.